The van der Waals surface area contributed by atoms with Gasteiger partial charge in [-0.3, -0.25) is 4.79 Å². The Bertz CT molecular complexity index is 492. The Morgan fingerprint density at radius 1 is 1.59 bits per heavy atom. The average molecular weight is 274 g/mol. The van der Waals surface area contributed by atoms with Crippen LogP contribution in [0, 0.1) is 0 Å². The van der Waals surface area contributed by atoms with Crippen LogP contribution in [0.2, 0.25) is 0 Å². The van der Waals surface area contributed by atoms with Crippen LogP contribution in [0.3, 0.4) is 0 Å². The summed E-state index contributed by atoms with van der Waals surface area (Å²) >= 11 is 1.15. The molecule has 0 spiro atoms. The number of carbonyl (C=O) groups is 1. The third-order valence-electron chi connectivity index (χ3n) is 2.47. The summed E-state index contributed by atoms with van der Waals surface area (Å²) in [5.74, 6) is -0.241. The first-order valence-corrected chi connectivity index (χ1v) is 7.61. The van der Waals surface area contributed by atoms with Gasteiger partial charge < -0.3 is 5.32 Å². The number of amides is 1. The summed E-state index contributed by atoms with van der Waals surface area (Å²) in [7, 11) is -2.10. The summed E-state index contributed by atoms with van der Waals surface area (Å²) in [6.07, 6.45) is 1.99. The highest BCUT2D eigenvalue weighted by Crippen LogP contribution is 2.20. The van der Waals surface area contributed by atoms with Gasteiger partial charge in [-0.15, -0.1) is 11.3 Å². The van der Waals surface area contributed by atoms with Gasteiger partial charge in [0.1, 0.15) is 4.21 Å². The molecule has 7 heteroatoms. The highest BCUT2D eigenvalue weighted by atomic mass is 32.2. The summed E-state index contributed by atoms with van der Waals surface area (Å²) in [6, 6.07) is 3.46. The second kappa shape index (κ2) is 4.75. The van der Waals surface area contributed by atoms with Crippen LogP contribution in [0.4, 0.5) is 0 Å². The molecule has 1 aromatic heterocycles. The molecule has 0 atom stereocenters. The van der Waals surface area contributed by atoms with Crippen molar-refractivity contribution in [2.24, 2.45) is 0 Å². The van der Waals surface area contributed by atoms with Crippen molar-refractivity contribution in [3.8, 4) is 0 Å². The normalized spacial score (nSPS) is 16.1. The number of thiophene rings is 1. The van der Waals surface area contributed by atoms with Crippen molar-refractivity contribution < 1.29 is 13.2 Å². The number of nitrogens with zero attached hydrogens (tertiary/aromatic N) is 1. The van der Waals surface area contributed by atoms with Gasteiger partial charge in [-0.2, -0.15) is 4.31 Å². The molecule has 1 aliphatic rings. The van der Waals surface area contributed by atoms with Gasteiger partial charge >= 0.3 is 0 Å². The molecule has 0 aromatic carbocycles. The quantitative estimate of drug-likeness (QED) is 0.857. The fourth-order valence-corrected chi connectivity index (χ4v) is 3.68. The number of carbonyl (C=O) groups excluding carboxylic acids is 1. The predicted octanol–water partition coefficient (Wildman–Crippen LogP) is 0.647. The van der Waals surface area contributed by atoms with E-state index in [9.17, 15) is 13.2 Å². The van der Waals surface area contributed by atoms with Gasteiger partial charge in [-0.05, 0) is 24.3 Å². The Morgan fingerprint density at radius 2 is 2.29 bits per heavy atom. The standard InChI is InChI=1S/C10H14N2O3S2/c1-12(7-9(13)11-8-4-5-8)17(14,15)10-3-2-6-16-10/h2-3,6,8H,4-5,7H2,1H3,(H,11,13). The third kappa shape index (κ3) is 3.05. The smallest absolute Gasteiger partial charge is 0.252 e. The second-order valence-corrected chi connectivity index (χ2v) is 7.25. The Hall–Kier alpha value is -0.920. The van der Waals surface area contributed by atoms with Crippen LogP contribution < -0.4 is 5.32 Å². The molecule has 1 aliphatic carbocycles. The second-order valence-electron chi connectivity index (χ2n) is 4.03. The largest absolute Gasteiger partial charge is 0.352 e. The van der Waals surface area contributed by atoms with Crippen molar-refractivity contribution in [1.82, 2.24) is 9.62 Å². The zero-order valence-electron chi connectivity index (χ0n) is 9.42. The molecule has 1 fully saturated rings. The molecule has 2 rings (SSSR count). The molecule has 1 aromatic rings. The highest BCUT2D eigenvalue weighted by Gasteiger charge is 2.27. The molecule has 0 radical (unpaired) electrons. The minimum absolute atomic E-state index is 0.128. The lowest BCUT2D eigenvalue weighted by Gasteiger charge is -2.15. The summed E-state index contributed by atoms with van der Waals surface area (Å²) in [5, 5.41) is 4.46. The molecule has 17 heavy (non-hydrogen) atoms. The Kier molecular flexibility index (Phi) is 3.50. The molecule has 1 heterocycles. The summed E-state index contributed by atoms with van der Waals surface area (Å²) in [6.45, 7) is -0.128. The molecule has 0 bridgehead atoms. The van der Waals surface area contributed by atoms with Gasteiger partial charge in [-0.25, -0.2) is 8.42 Å². The summed E-state index contributed by atoms with van der Waals surface area (Å²) in [5.41, 5.74) is 0. The van der Waals surface area contributed by atoms with Crippen LogP contribution in [-0.2, 0) is 14.8 Å². The molecule has 1 amide bonds. The molecule has 1 saturated carbocycles. The van der Waals surface area contributed by atoms with E-state index < -0.39 is 10.0 Å². The molecule has 0 unspecified atom stereocenters. The molecule has 5 nitrogen and oxygen atoms in total. The van der Waals surface area contributed by atoms with Crippen molar-refractivity contribution in [2.45, 2.75) is 23.1 Å². The lowest BCUT2D eigenvalue weighted by atomic mass is 10.5. The van der Waals surface area contributed by atoms with E-state index in [0.717, 1.165) is 28.5 Å². The monoisotopic (exact) mass is 274 g/mol. The number of hydrogen-bond donors (Lipinski definition) is 1. The maximum absolute atomic E-state index is 12.0. The topological polar surface area (TPSA) is 66.5 Å². The maximum atomic E-state index is 12.0. The summed E-state index contributed by atoms with van der Waals surface area (Å²) in [4.78, 5) is 11.5. The minimum atomic E-state index is -3.52. The highest BCUT2D eigenvalue weighted by molar-refractivity contribution is 7.91. The van der Waals surface area contributed by atoms with Gasteiger partial charge in [0.2, 0.25) is 5.91 Å². The third-order valence-corrected chi connectivity index (χ3v) is 5.64. The van der Waals surface area contributed by atoms with E-state index in [1.165, 1.54) is 13.1 Å². The SMILES string of the molecule is CN(CC(=O)NC1CC1)S(=O)(=O)c1cccs1. The van der Waals surface area contributed by atoms with E-state index in [2.05, 4.69) is 5.32 Å². The van der Waals surface area contributed by atoms with Crippen LogP contribution in [0.15, 0.2) is 21.7 Å². The van der Waals surface area contributed by atoms with E-state index >= 15 is 0 Å². The predicted molar refractivity (Wildman–Crippen MR) is 65.3 cm³/mol. The summed E-state index contributed by atoms with van der Waals surface area (Å²) < 4.78 is 25.3. The Morgan fingerprint density at radius 3 is 2.82 bits per heavy atom. The van der Waals surface area contributed by atoms with E-state index in [1.807, 2.05) is 0 Å². The van der Waals surface area contributed by atoms with Crippen LogP contribution in [0.1, 0.15) is 12.8 Å². The number of rotatable bonds is 5. The van der Waals surface area contributed by atoms with E-state index in [-0.39, 0.29) is 22.7 Å². The van der Waals surface area contributed by atoms with Crippen molar-refractivity contribution in [1.29, 1.82) is 0 Å². The lowest BCUT2D eigenvalue weighted by molar-refractivity contribution is -0.121. The number of hydrogen-bond acceptors (Lipinski definition) is 4. The fourth-order valence-electron chi connectivity index (χ4n) is 1.35. The first-order chi connectivity index (χ1) is 8.00. The average Bonchev–Trinajstić information content (AvgIpc) is 2.89. The molecular formula is C10H14N2O3S2. The zero-order chi connectivity index (χ0) is 12.5. The molecule has 0 saturated heterocycles. The number of sulfonamides is 1. The molecule has 94 valence electrons. The molecule has 0 aliphatic heterocycles. The minimum Gasteiger partial charge on any atom is -0.352 e. The molecular weight excluding hydrogens is 260 g/mol. The van der Waals surface area contributed by atoms with Crippen molar-refractivity contribution in [3.05, 3.63) is 17.5 Å². The van der Waals surface area contributed by atoms with Crippen LogP contribution >= 0.6 is 11.3 Å². The van der Waals surface area contributed by atoms with Gasteiger partial charge in [0, 0.05) is 13.1 Å². The first-order valence-electron chi connectivity index (χ1n) is 5.29. The van der Waals surface area contributed by atoms with Gasteiger partial charge in [0.05, 0.1) is 6.54 Å². The first kappa shape index (κ1) is 12.5. The Labute approximate surface area is 104 Å². The number of nitrogens with one attached hydrogen (secondary N) is 1. The van der Waals surface area contributed by atoms with Crippen molar-refractivity contribution >= 4 is 27.3 Å². The van der Waals surface area contributed by atoms with Crippen LogP contribution in [0.5, 0.6) is 0 Å². The number of likely N-dealkylation sites (N-methyl/N-ethyl adjacent to an activating group) is 1. The zero-order valence-corrected chi connectivity index (χ0v) is 11.1. The molecule has 1 N–H and O–H groups in total. The van der Waals surface area contributed by atoms with E-state index in [0.29, 0.717) is 0 Å². The van der Waals surface area contributed by atoms with Gasteiger partial charge in [-0.1, -0.05) is 6.07 Å². The van der Waals surface area contributed by atoms with Crippen LogP contribution in [0.25, 0.3) is 0 Å². The van der Waals surface area contributed by atoms with Crippen LogP contribution in [-0.4, -0.2) is 38.3 Å². The van der Waals surface area contributed by atoms with Crippen molar-refractivity contribution in [2.75, 3.05) is 13.6 Å². The maximum Gasteiger partial charge on any atom is 0.252 e. The van der Waals surface area contributed by atoms with Gasteiger partial charge in [0.25, 0.3) is 10.0 Å². The Balaban J connectivity index is 1.99. The van der Waals surface area contributed by atoms with Gasteiger partial charge in [0.15, 0.2) is 0 Å². The lowest BCUT2D eigenvalue weighted by Crippen LogP contribution is -2.38. The van der Waals surface area contributed by atoms with Crippen molar-refractivity contribution in [3.63, 3.8) is 0 Å². The van der Waals surface area contributed by atoms with E-state index in [1.54, 1.807) is 11.4 Å². The van der Waals surface area contributed by atoms with E-state index in [4.69, 9.17) is 0 Å². The fraction of sp³-hybridized carbons (Fsp3) is 0.500.